The third-order valence-corrected chi connectivity index (χ3v) is 4.18. The second-order valence-electron chi connectivity index (χ2n) is 5.47. The van der Waals surface area contributed by atoms with Crippen molar-refractivity contribution in [2.24, 2.45) is 0 Å². The predicted octanol–water partition coefficient (Wildman–Crippen LogP) is 5.28. The van der Waals surface area contributed by atoms with Crippen LogP contribution in [0.4, 0.5) is 21.9 Å². The molecular weight excluding hydrogens is 387 g/mol. The Kier molecular flexibility index (Phi) is 5.90. The van der Waals surface area contributed by atoms with Gasteiger partial charge in [0.25, 0.3) is 5.91 Å². The van der Waals surface area contributed by atoms with Gasteiger partial charge in [0.2, 0.25) is 0 Å². The lowest BCUT2D eigenvalue weighted by Gasteiger charge is -2.09. The van der Waals surface area contributed by atoms with Crippen molar-refractivity contribution in [1.29, 1.82) is 0 Å². The van der Waals surface area contributed by atoms with Crippen LogP contribution in [0.15, 0.2) is 66.9 Å². The maximum absolute atomic E-state index is 12.2. The summed E-state index contributed by atoms with van der Waals surface area (Å²) in [5.41, 5.74) is 2.11. The van der Waals surface area contributed by atoms with Crippen molar-refractivity contribution in [3.05, 3.63) is 82.6 Å². The highest BCUT2D eigenvalue weighted by atomic mass is 35.5. The summed E-state index contributed by atoms with van der Waals surface area (Å²) in [6.07, 6.45) is 1.34. The first-order valence-corrected chi connectivity index (χ1v) is 8.62. The molecule has 1 heterocycles. The fourth-order valence-electron chi connectivity index (χ4n) is 2.20. The Balaban J connectivity index is 1.59. The third kappa shape index (κ3) is 5.20. The Morgan fingerprint density at radius 3 is 1.93 bits per heavy atom. The number of hydrogen-bond acceptors (Lipinski definition) is 3. The van der Waals surface area contributed by atoms with E-state index in [1.807, 2.05) is 18.2 Å². The van der Waals surface area contributed by atoms with Crippen molar-refractivity contribution in [3.8, 4) is 0 Å². The molecule has 0 aliphatic rings. The standard InChI is InChI=1S/C19H14Cl2N4O2/c20-16-10-12(11-22-17(16)21)18(26)23-14-6-8-15(9-7-14)25-19(27)24-13-4-2-1-3-5-13/h1-11H,(H,23,26)(H2,24,25,27). The average molecular weight is 401 g/mol. The van der Waals surface area contributed by atoms with Crippen LogP contribution in [0, 0.1) is 0 Å². The van der Waals surface area contributed by atoms with E-state index in [0.717, 1.165) is 0 Å². The summed E-state index contributed by atoms with van der Waals surface area (Å²) in [5, 5.41) is 8.48. The maximum atomic E-state index is 12.2. The molecule has 27 heavy (non-hydrogen) atoms. The second-order valence-corrected chi connectivity index (χ2v) is 6.24. The predicted molar refractivity (Wildman–Crippen MR) is 108 cm³/mol. The number of carbonyl (C=O) groups is 2. The molecule has 0 aliphatic heterocycles. The molecule has 2 aromatic carbocycles. The summed E-state index contributed by atoms with van der Waals surface area (Å²) in [7, 11) is 0. The van der Waals surface area contributed by atoms with Gasteiger partial charge in [0.05, 0.1) is 10.6 Å². The van der Waals surface area contributed by atoms with Crippen molar-refractivity contribution in [3.63, 3.8) is 0 Å². The number of halogens is 2. The molecule has 0 saturated carbocycles. The van der Waals surface area contributed by atoms with Gasteiger partial charge in [-0.3, -0.25) is 4.79 Å². The minimum absolute atomic E-state index is 0.137. The van der Waals surface area contributed by atoms with Crippen LogP contribution in [0.25, 0.3) is 0 Å². The number of para-hydroxylation sites is 1. The Morgan fingerprint density at radius 2 is 1.33 bits per heavy atom. The molecule has 0 aliphatic carbocycles. The number of rotatable bonds is 4. The van der Waals surface area contributed by atoms with Crippen LogP contribution in [-0.4, -0.2) is 16.9 Å². The highest BCUT2D eigenvalue weighted by Gasteiger charge is 2.10. The SMILES string of the molecule is O=C(Nc1ccccc1)Nc1ccc(NC(=O)c2cnc(Cl)c(Cl)c2)cc1. The van der Waals surface area contributed by atoms with E-state index in [1.54, 1.807) is 36.4 Å². The van der Waals surface area contributed by atoms with Crippen LogP contribution in [0.2, 0.25) is 10.2 Å². The van der Waals surface area contributed by atoms with Crippen LogP contribution in [-0.2, 0) is 0 Å². The molecule has 6 nitrogen and oxygen atoms in total. The van der Waals surface area contributed by atoms with E-state index in [0.29, 0.717) is 17.1 Å². The zero-order valence-corrected chi connectivity index (χ0v) is 15.4. The van der Waals surface area contributed by atoms with E-state index in [-0.39, 0.29) is 27.7 Å². The smallest absolute Gasteiger partial charge is 0.322 e. The number of hydrogen-bond donors (Lipinski definition) is 3. The van der Waals surface area contributed by atoms with Crippen LogP contribution < -0.4 is 16.0 Å². The van der Waals surface area contributed by atoms with Crippen molar-refractivity contribution >= 4 is 52.2 Å². The van der Waals surface area contributed by atoms with E-state index in [1.165, 1.54) is 12.3 Å². The molecule has 8 heteroatoms. The summed E-state index contributed by atoms with van der Waals surface area (Å²) in [4.78, 5) is 28.0. The second kappa shape index (κ2) is 8.53. The molecule has 0 unspecified atom stereocenters. The Morgan fingerprint density at radius 1 is 0.778 bits per heavy atom. The molecule has 0 bridgehead atoms. The minimum Gasteiger partial charge on any atom is -0.322 e. The van der Waals surface area contributed by atoms with E-state index in [9.17, 15) is 9.59 Å². The van der Waals surface area contributed by atoms with Gasteiger partial charge in [-0.1, -0.05) is 41.4 Å². The molecule has 0 saturated heterocycles. The largest absolute Gasteiger partial charge is 0.323 e. The number of carbonyl (C=O) groups excluding carboxylic acids is 2. The number of amides is 3. The zero-order valence-electron chi connectivity index (χ0n) is 13.9. The van der Waals surface area contributed by atoms with E-state index in [2.05, 4.69) is 20.9 Å². The Hall–Kier alpha value is -3.09. The average Bonchev–Trinajstić information content (AvgIpc) is 2.66. The van der Waals surface area contributed by atoms with E-state index < -0.39 is 0 Å². The number of anilines is 3. The molecule has 3 aromatic rings. The summed E-state index contributed by atoms with van der Waals surface area (Å²) in [6.45, 7) is 0. The van der Waals surface area contributed by atoms with Gasteiger partial charge in [0.15, 0.2) is 0 Å². The topological polar surface area (TPSA) is 83.1 Å². The number of urea groups is 1. The lowest BCUT2D eigenvalue weighted by molar-refractivity contribution is 0.102. The first-order valence-electron chi connectivity index (χ1n) is 7.87. The highest BCUT2D eigenvalue weighted by Crippen LogP contribution is 2.21. The van der Waals surface area contributed by atoms with E-state index >= 15 is 0 Å². The lowest BCUT2D eigenvalue weighted by atomic mass is 10.2. The summed E-state index contributed by atoms with van der Waals surface area (Å²) in [6, 6.07) is 16.9. The fraction of sp³-hybridized carbons (Fsp3) is 0. The van der Waals surface area contributed by atoms with E-state index in [4.69, 9.17) is 23.2 Å². The third-order valence-electron chi connectivity index (χ3n) is 3.49. The van der Waals surface area contributed by atoms with Gasteiger partial charge in [0.1, 0.15) is 5.15 Å². The molecular formula is C19H14Cl2N4O2. The molecule has 0 atom stereocenters. The maximum Gasteiger partial charge on any atom is 0.323 e. The molecule has 3 rings (SSSR count). The molecule has 136 valence electrons. The summed E-state index contributed by atoms with van der Waals surface area (Å²) in [5.74, 6) is -0.372. The van der Waals surface area contributed by atoms with Crippen molar-refractivity contribution in [2.75, 3.05) is 16.0 Å². The number of nitrogens with zero attached hydrogens (tertiary/aromatic N) is 1. The summed E-state index contributed by atoms with van der Waals surface area (Å²) < 4.78 is 0. The van der Waals surface area contributed by atoms with Gasteiger partial charge in [-0.25, -0.2) is 9.78 Å². The molecule has 1 aromatic heterocycles. The zero-order chi connectivity index (χ0) is 19.2. The van der Waals surface area contributed by atoms with Crippen molar-refractivity contribution in [2.45, 2.75) is 0 Å². The number of benzene rings is 2. The lowest BCUT2D eigenvalue weighted by Crippen LogP contribution is -2.19. The normalized spacial score (nSPS) is 10.1. The highest BCUT2D eigenvalue weighted by molar-refractivity contribution is 6.41. The van der Waals surface area contributed by atoms with Gasteiger partial charge in [-0.2, -0.15) is 0 Å². The first kappa shape index (κ1) is 18.7. The number of nitrogens with one attached hydrogen (secondary N) is 3. The van der Waals surface area contributed by atoms with Crippen LogP contribution in [0.1, 0.15) is 10.4 Å². The number of aromatic nitrogens is 1. The Labute approximate surface area is 165 Å². The van der Waals surface area contributed by atoms with Gasteiger partial charge in [-0.05, 0) is 42.5 Å². The molecule has 3 N–H and O–H groups in total. The van der Waals surface area contributed by atoms with Crippen molar-refractivity contribution in [1.82, 2.24) is 4.98 Å². The monoisotopic (exact) mass is 400 g/mol. The van der Waals surface area contributed by atoms with Crippen LogP contribution >= 0.6 is 23.2 Å². The van der Waals surface area contributed by atoms with Gasteiger partial charge >= 0.3 is 6.03 Å². The minimum atomic E-state index is -0.372. The van der Waals surface area contributed by atoms with Crippen molar-refractivity contribution < 1.29 is 9.59 Å². The van der Waals surface area contributed by atoms with Crippen LogP contribution in [0.5, 0.6) is 0 Å². The van der Waals surface area contributed by atoms with Gasteiger partial charge in [0, 0.05) is 23.3 Å². The van der Waals surface area contributed by atoms with Gasteiger partial charge in [-0.15, -0.1) is 0 Å². The molecule has 0 fully saturated rings. The first-order chi connectivity index (χ1) is 13.0. The molecule has 0 radical (unpaired) electrons. The van der Waals surface area contributed by atoms with Gasteiger partial charge < -0.3 is 16.0 Å². The Bertz CT molecular complexity index is 963. The molecule has 3 amide bonds. The van der Waals surface area contributed by atoms with Crippen LogP contribution in [0.3, 0.4) is 0 Å². The fourth-order valence-corrected chi connectivity index (χ4v) is 2.47. The number of pyridine rings is 1. The molecule has 0 spiro atoms. The quantitative estimate of drug-likeness (QED) is 0.520. The summed E-state index contributed by atoms with van der Waals surface area (Å²) >= 11 is 11.6.